The van der Waals surface area contributed by atoms with Gasteiger partial charge in [-0.1, -0.05) is 41.6 Å². The maximum absolute atomic E-state index is 10.8. The average molecular weight is 214 g/mol. The molecular weight excluding hydrogens is 204 g/mol. The predicted octanol–water partition coefficient (Wildman–Crippen LogP) is 1.94. The highest BCUT2D eigenvalue weighted by molar-refractivity contribution is 5.91. The molecule has 1 heterocycles. The molecule has 0 spiro atoms. The number of benzene rings is 1. The highest BCUT2D eigenvalue weighted by atomic mass is 16.5. The van der Waals surface area contributed by atoms with Gasteiger partial charge in [-0.05, 0) is 11.6 Å². The van der Waals surface area contributed by atoms with E-state index in [0.717, 1.165) is 5.56 Å². The summed E-state index contributed by atoms with van der Waals surface area (Å²) in [6.07, 6.45) is 3.60. The van der Waals surface area contributed by atoms with Crippen LogP contribution in [0, 0.1) is 0 Å². The number of hydrogen-bond acceptors (Lipinski definition) is 3. The molecule has 0 radical (unpaired) electrons. The molecule has 1 amide bonds. The molecule has 0 atom stereocenters. The Morgan fingerprint density at radius 1 is 1.25 bits per heavy atom. The van der Waals surface area contributed by atoms with Crippen molar-refractivity contribution in [3.8, 4) is 0 Å². The second kappa shape index (κ2) is 4.44. The van der Waals surface area contributed by atoms with E-state index < -0.39 is 5.91 Å². The lowest BCUT2D eigenvalue weighted by atomic mass is 10.2. The second-order valence-electron chi connectivity index (χ2n) is 3.22. The van der Waals surface area contributed by atoms with Crippen molar-refractivity contribution in [3.63, 3.8) is 0 Å². The Labute approximate surface area is 92.4 Å². The monoisotopic (exact) mass is 214 g/mol. The molecule has 0 aliphatic carbocycles. The van der Waals surface area contributed by atoms with E-state index in [0.29, 0.717) is 5.76 Å². The van der Waals surface area contributed by atoms with Crippen molar-refractivity contribution in [1.29, 1.82) is 0 Å². The van der Waals surface area contributed by atoms with Crippen LogP contribution in [0.3, 0.4) is 0 Å². The summed E-state index contributed by atoms with van der Waals surface area (Å²) in [6.45, 7) is 0. The highest BCUT2D eigenvalue weighted by Gasteiger charge is 2.05. The first-order valence-electron chi connectivity index (χ1n) is 4.75. The van der Waals surface area contributed by atoms with E-state index in [2.05, 4.69) is 5.16 Å². The molecule has 0 unspecified atom stereocenters. The van der Waals surface area contributed by atoms with Gasteiger partial charge in [-0.15, -0.1) is 0 Å². The number of hydrogen-bond donors (Lipinski definition) is 1. The fourth-order valence-electron chi connectivity index (χ4n) is 1.23. The summed E-state index contributed by atoms with van der Waals surface area (Å²) in [5, 5.41) is 3.53. The van der Waals surface area contributed by atoms with Gasteiger partial charge in [-0.25, -0.2) is 0 Å². The van der Waals surface area contributed by atoms with E-state index in [1.54, 1.807) is 6.08 Å². The fraction of sp³-hybridized carbons (Fsp3) is 0. The Kier molecular flexibility index (Phi) is 2.82. The van der Waals surface area contributed by atoms with Gasteiger partial charge in [0.2, 0.25) is 0 Å². The number of rotatable bonds is 3. The topological polar surface area (TPSA) is 69.1 Å². The third-order valence-electron chi connectivity index (χ3n) is 2.02. The van der Waals surface area contributed by atoms with E-state index in [4.69, 9.17) is 10.3 Å². The molecule has 4 nitrogen and oxygen atoms in total. The molecule has 2 rings (SSSR count). The van der Waals surface area contributed by atoms with Crippen molar-refractivity contribution >= 4 is 18.1 Å². The molecular formula is C12H10N2O2. The highest BCUT2D eigenvalue weighted by Crippen LogP contribution is 2.09. The van der Waals surface area contributed by atoms with E-state index in [1.807, 2.05) is 36.4 Å². The minimum atomic E-state index is -0.594. The zero-order valence-corrected chi connectivity index (χ0v) is 8.46. The molecule has 0 fully saturated rings. The summed E-state index contributed by atoms with van der Waals surface area (Å²) in [5.41, 5.74) is 6.22. The van der Waals surface area contributed by atoms with Crippen LogP contribution in [0.2, 0.25) is 0 Å². The van der Waals surface area contributed by atoms with Gasteiger partial charge in [0.1, 0.15) is 0 Å². The van der Waals surface area contributed by atoms with E-state index in [9.17, 15) is 4.79 Å². The van der Waals surface area contributed by atoms with E-state index >= 15 is 0 Å². The minimum absolute atomic E-state index is 0.132. The van der Waals surface area contributed by atoms with E-state index in [1.165, 1.54) is 6.07 Å². The van der Waals surface area contributed by atoms with Crippen molar-refractivity contribution in [1.82, 2.24) is 5.16 Å². The number of carbonyl (C=O) groups excluding carboxylic acids is 1. The average Bonchev–Trinajstić information content (AvgIpc) is 2.76. The first-order valence-corrected chi connectivity index (χ1v) is 4.75. The third kappa shape index (κ3) is 2.36. The summed E-state index contributed by atoms with van der Waals surface area (Å²) >= 11 is 0. The second-order valence-corrected chi connectivity index (χ2v) is 3.22. The number of primary amides is 1. The lowest BCUT2D eigenvalue weighted by Gasteiger charge is -1.88. The SMILES string of the molecule is NC(=O)c1cc(/C=C/c2ccccc2)on1. The molecule has 0 saturated carbocycles. The van der Waals surface area contributed by atoms with Crippen molar-refractivity contribution in [2.45, 2.75) is 0 Å². The number of nitrogens with zero attached hydrogens (tertiary/aromatic N) is 1. The lowest BCUT2D eigenvalue weighted by Crippen LogP contribution is -2.10. The standard InChI is InChI=1S/C12H10N2O2/c13-12(15)11-8-10(16-14-11)7-6-9-4-2-1-3-5-9/h1-8H,(H2,13,15)/b7-6+. The molecule has 16 heavy (non-hydrogen) atoms. The Morgan fingerprint density at radius 3 is 2.62 bits per heavy atom. The first-order chi connectivity index (χ1) is 7.75. The minimum Gasteiger partial charge on any atom is -0.364 e. The van der Waals surface area contributed by atoms with Crippen molar-refractivity contribution < 1.29 is 9.32 Å². The van der Waals surface area contributed by atoms with Gasteiger partial charge in [0.15, 0.2) is 11.5 Å². The Balaban J connectivity index is 2.15. The van der Waals surface area contributed by atoms with Crippen molar-refractivity contribution in [2.24, 2.45) is 5.73 Å². The van der Waals surface area contributed by atoms with Crippen LogP contribution < -0.4 is 5.73 Å². The molecule has 0 saturated heterocycles. The van der Waals surface area contributed by atoms with Crippen LogP contribution in [0.5, 0.6) is 0 Å². The van der Waals surface area contributed by atoms with Crippen LogP contribution in [-0.4, -0.2) is 11.1 Å². The van der Waals surface area contributed by atoms with Gasteiger partial charge in [0.25, 0.3) is 5.91 Å². The van der Waals surface area contributed by atoms with Crippen molar-refractivity contribution in [2.75, 3.05) is 0 Å². The largest absolute Gasteiger partial charge is 0.364 e. The van der Waals surface area contributed by atoms with Gasteiger partial charge >= 0.3 is 0 Å². The van der Waals surface area contributed by atoms with Crippen LogP contribution in [-0.2, 0) is 0 Å². The predicted molar refractivity (Wildman–Crippen MR) is 60.4 cm³/mol. The van der Waals surface area contributed by atoms with Gasteiger partial charge < -0.3 is 10.3 Å². The van der Waals surface area contributed by atoms with Crippen LogP contribution in [0.4, 0.5) is 0 Å². The quantitative estimate of drug-likeness (QED) is 0.848. The summed E-state index contributed by atoms with van der Waals surface area (Å²) < 4.78 is 4.91. The van der Waals surface area contributed by atoms with Crippen LogP contribution in [0.15, 0.2) is 40.9 Å². The van der Waals surface area contributed by atoms with Gasteiger partial charge in [-0.2, -0.15) is 0 Å². The lowest BCUT2D eigenvalue weighted by molar-refractivity contribution is 0.0991. The molecule has 2 aromatic rings. The van der Waals surface area contributed by atoms with Crippen LogP contribution in [0.25, 0.3) is 12.2 Å². The number of amides is 1. The van der Waals surface area contributed by atoms with Gasteiger partial charge in [0, 0.05) is 6.07 Å². The maximum atomic E-state index is 10.8. The summed E-state index contributed by atoms with van der Waals surface area (Å²) in [4.78, 5) is 10.8. The third-order valence-corrected chi connectivity index (χ3v) is 2.02. The Morgan fingerprint density at radius 2 is 2.00 bits per heavy atom. The van der Waals surface area contributed by atoms with Crippen LogP contribution in [0.1, 0.15) is 21.8 Å². The summed E-state index contributed by atoms with van der Waals surface area (Å²) in [6, 6.07) is 11.2. The zero-order valence-electron chi connectivity index (χ0n) is 8.46. The summed E-state index contributed by atoms with van der Waals surface area (Å²) in [5.74, 6) is -0.0965. The van der Waals surface area contributed by atoms with Gasteiger partial charge in [-0.3, -0.25) is 4.79 Å². The molecule has 0 bridgehead atoms. The van der Waals surface area contributed by atoms with Gasteiger partial charge in [0.05, 0.1) is 0 Å². The maximum Gasteiger partial charge on any atom is 0.270 e. The molecule has 4 heteroatoms. The number of nitrogens with two attached hydrogens (primary N) is 1. The molecule has 1 aromatic carbocycles. The molecule has 2 N–H and O–H groups in total. The molecule has 0 aliphatic heterocycles. The first kappa shape index (κ1) is 10.2. The normalized spacial score (nSPS) is 10.8. The molecule has 1 aromatic heterocycles. The Hall–Kier alpha value is -2.36. The fourth-order valence-corrected chi connectivity index (χ4v) is 1.23. The molecule has 0 aliphatic rings. The number of carbonyl (C=O) groups is 1. The number of aromatic nitrogens is 1. The van der Waals surface area contributed by atoms with Crippen LogP contribution >= 0.6 is 0 Å². The Bertz CT molecular complexity index is 515. The molecule has 80 valence electrons. The zero-order chi connectivity index (χ0) is 11.4. The van der Waals surface area contributed by atoms with E-state index in [-0.39, 0.29) is 5.69 Å². The smallest absolute Gasteiger partial charge is 0.270 e. The van der Waals surface area contributed by atoms with Crippen molar-refractivity contribution in [3.05, 3.63) is 53.4 Å². The summed E-state index contributed by atoms with van der Waals surface area (Å²) in [7, 11) is 0.